The van der Waals surface area contributed by atoms with Gasteiger partial charge in [0.05, 0.1) is 11.4 Å². The van der Waals surface area contributed by atoms with Gasteiger partial charge in [-0.25, -0.2) is 4.68 Å². The van der Waals surface area contributed by atoms with E-state index in [2.05, 4.69) is 45.3 Å². The predicted octanol–water partition coefficient (Wildman–Crippen LogP) is 4.75. The van der Waals surface area contributed by atoms with Gasteiger partial charge in [-0.2, -0.15) is 5.10 Å². The highest BCUT2D eigenvalue weighted by molar-refractivity contribution is 5.90. The number of nitrogens with one attached hydrogen (secondary N) is 2. The van der Waals surface area contributed by atoms with Gasteiger partial charge in [0.1, 0.15) is 5.82 Å². The van der Waals surface area contributed by atoms with Gasteiger partial charge < -0.3 is 10.6 Å². The number of rotatable bonds is 8. The maximum Gasteiger partial charge on any atom is 0.225 e. The van der Waals surface area contributed by atoms with E-state index in [1.165, 1.54) is 0 Å². The fourth-order valence-electron chi connectivity index (χ4n) is 2.90. The van der Waals surface area contributed by atoms with Crippen molar-refractivity contribution in [3.63, 3.8) is 0 Å². The molecule has 0 spiro atoms. The monoisotopic (exact) mass is 412 g/mol. The zero-order chi connectivity index (χ0) is 22.5. The first-order valence-corrected chi connectivity index (χ1v) is 10.7. The number of hydrogen-bond acceptors (Lipinski definition) is 3. The third-order valence-electron chi connectivity index (χ3n) is 5.19. The molecule has 0 radical (unpaired) electrons. The fourth-order valence-corrected chi connectivity index (χ4v) is 2.90. The second kappa shape index (κ2) is 9.92. The Morgan fingerprint density at radius 3 is 2.33 bits per heavy atom. The molecule has 0 fully saturated rings. The minimum absolute atomic E-state index is 0.0104. The van der Waals surface area contributed by atoms with E-state index in [4.69, 9.17) is 5.10 Å². The molecule has 2 rings (SSSR count). The molecule has 30 heavy (non-hydrogen) atoms. The Hall–Kier alpha value is -2.63. The first-order chi connectivity index (χ1) is 14.0. The van der Waals surface area contributed by atoms with E-state index >= 15 is 0 Å². The van der Waals surface area contributed by atoms with Crippen LogP contribution in [-0.2, 0) is 15.0 Å². The average Bonchev–Trinajstić information content (AvgIpc) is 3.05. The maximum absolute atomic E-state index is 12.5. The number of amides is 2. The summed E-state index contributed by atoms with van der Waals surface area (Å²) in [6.07, 6.45) is 1.13. The number of aryl methyl sites for hydroxylation is 1. The molecule has 2 aromatic rings. The molecular weight excluding hydrogens is 376 g/mol. The van der Waals surface area contributed by atoms with Gasteiger partial charge in [-0.1, -0.05) is 46.8 Å². The van der Waals surface area contributed by atoms with E-state index < -0.39 is 0 Å². The quantitative estimate of drug-likeness (QED) is 0.657. The van der Waals surface area contributed by atoms with E-state index in [-0.39, 0.29) is 29.7 Å². The van der Waals surface area contributed by atoms with E-state index in [1.807, 2.05) is 44.2 Å². The van der Waals surface area contributed by atoms with Gasteiger partial charge in [-0.05, 0) is 43.9 Å². The van der Waals surface area contributed by atoms with Crippen LogP contribution in [-0.4, -0.2) is 27.6 Å². The molecule has 2 N–H and O–H groups in total. The molecule has 1 heterocycles. The Balaban J connectivity index is 2.05. The number of anilines is 1. The molecule has 0 saturated carbocycles. The number of hydrogen-bond donors (Lipinski definition) is 2. The minimum atomic E-state index is -0.139. The summed E-state index contributed by atoms with van der Waals surface area (Å²) >= 11 is 0. The molecule has 2 amide bonds. The molecule has 6 heteroatoms. The summed E-state index contributed by atoms with van der Waals surface area (Å²) in [6.45, 7) is 14.5. The first-order valence-electron chi connectivity index (χ1n) is 10.7. The third-order valence-corrected chi connectivity index (χ3v) is 5.19. The second-order valence-electron chi connectivity index (χ2n) is 9.42. The molecular formula is C24H36N4O2. The fraction of sp³-hybridized carbons (Fsp3) is 0.542. The van der Waals surface area contributed by atoms with Crippen molar-refractivity contribution in [3.8, 4) is 5.69 Å². The predicted molar refractivity (Wildman–Crippen MR) is 122 cm³/mol. The summed E-state index contributed by atoms with van der Waals surface area (Å²) in [5, 5.41) is 10.7. The lowest BCUT2D eigenvalue weighted by molar-refractivity contribution is -0.122. The van der Waals surface area contributed by atoms with Gasteiger partial charge in [0.15, 0.2) is 0 Å². The zero-order valence-electron chi connectivity index (χ0n) is 19.4. The van der Waals surface area contributed by atoms with Gasteiger partial charge in [-0.3, -0.25) is 9.59 Å². The van der Waals surface area contributed by atoms with Crippen LogP contribution in [0.3, 0.4) is 0 Å². The SMILES string of the molecule is Cc1cccc(-n2nc(C(C)(C)C)cc2NC(=O)CCCC(=O)N[C@@H](C)C(C)C)c1. The molecule has 1 atom stereocenters. The minimum Gasteiger partial charge on any atom is -0.353 e. The van der Waals surface area contributed by atoms with E-state index in [0.717, 1.165) is 16.9 Å². The second-order valence-corrected chi connectivity index (χ2v) is 9.42. The molecule has 0 aliphatic heterocycles. The van der Waals surface area contributed by atoms with Crippen LogP contribution in [0.15, 0.2) is 30.3 Å². The highest BCUT2D eigenvalue weighted by Crippen LogP contribution is 2.26. The largest absolute Gasteiger partial charge is 0.353 e. The van der Waals surface area contributed by atoms with E-state index in [0.29, 0.717) is 24.6 Å². The van der Waals surface area contributed by atoms with Crippen LogP contribution in [0, 0.1) is 12.8 Å². The van der Waals surface area contributed by atoms with Crippen LogP contribution < -0.4 is 10.6 Å². The van der Waals surface area contributed by atoms with Gasteiger partial charge in [0, 0.05) is 30.4 Å². The Morgan fingerprint density at radius 1 is 1.07 bits per heavy atom. The summed E-state index contributed by atoms with van der Waals surface area (Å²) in [5.41, 5.74) is 2.79. The Kier molecular flexibility index (Phi) is 7.82. The Bertz CT molecular complexity index is 878. The summed E-state index contributed by atoms with van der Waals surface area (Å²) in [4.78, 5) is 24.6. The van der Waals surface area contributed by atoms with Gasteiger partial charge in [-0.15, -0.1) is 0 Å². The van der Waals surface area contributed by atoms with Crippen molar-refractivity contribution >= 4 is 17.6 Å². The number of carbonyl (C=O) groups excluding carboxylic acids is 2. The van der Waals surface area contributed by atoms with Crippen LogP contribution in [0.4, 0.5) is 5.82 Å². The normalized spacial score (nSPS) is 12.7. The molecule has 0 saturated heterocycles. The number of aromatic nitrogens is 2. The number of benzene rings is 1. The van der Waals surface area contributed by atoms with Crippen molar-refractivity contribution in [1.82, 2.24) is 15.1 Å². The first kappa shape index (κ1) is 23.6. The molecule has 6 nitrogen and oxygen atoms in total. The van der Waals surface area contributed by atoms with Crippen molar-refractivity contribution in [1.29, 1.82) is 0 Å². The third kappa shape index (κ3) is 6.71. The standard InChI is InChI=1S/C24H36N4O2/c1-16(2)18(4)25-22(29)12-9-13-23(30)26-21-15-20(24(5,6)7)27-28(21)19-11-8-10-17(3)14-19/h8,10-11,14-16,18H,9,12-13H2,1-7H3,(H,25,29)(H,26,30)/t18-/m0/s1. The zero-order valence-corrected chi connectivity index (χ0v) is 19.4. The van der Waals surface area contributed by atoms with Crippen LogP contribution >= 0.6 is 0 Å². The van der Waals surface area contributed by atoms with Crippen molar-refractivity contribution in [2.75, 3.05) is 5.32 Å². The smallest absolute Gasteiger partial charge is 0.225 e. The van der Waals surface area contributed by atoms with E-state index in [9.17, 15) is 9.59 Å². The van der Waals surface area contributed by atoms with Crippen molar-refractivity contribution in [2.45, 2.75) is 79.2 Å². The van der Waals surface area contributed by atoms with Crippen LogP contribution in [0.25, 0.3) is 5.69 Å². The lowest BCUT2D eigenvalue weighted by Gasteiger charge is -2.17. The van der Waals surface area contributed by atoms with Gasteiger partial charge in [0.2, 0.25) is 11.8 Å². The highest BCUT2D eigenvalue weighted by atomic mass is 16.2. The molecule has 0 bridgehead atoms. The van der Waals surface area contributed by atoms with Crippen LogP contribution in [0.2, 0.25) is 0 Å². The molecule has 0 unspecified atom stereocenters. The van der Waals surface area contributed by atoms with Crippen LogP contribution in [0.5, 0.6) is 0 Å². The summed E-state index contributed by atoms with van der Waals surface area (Å²) in [5.74, 6) is 0.905. The van der Waals surface area contributed by atoms with Crippen molar-refractivity contribution in [2.24, 2.45) is 5.92 Å². The molecule has 1 aromatic carbocycles. The topological polar surface area (TPSA) is 76.0 Å². The highest BCUT2D eigenvalue weighted by Gasteiger charge is 2.21. The summed E-state index contributed by atoms with van der Waals surface area (Å²) in [7, 11) is 0. The van der Waals surface area contributed by atoms with Gasteiger partial charge >= 0.3 is 0 Å². The summed E-state index contributed by atoms with van der Waals surface area (Å²) < 4.78 is 1.78. The molecule has 0 aliphatic carbocycles. The van der Waals surface area contributed by atoms with Crippen molar-refractivity contribution in [3.05, 3.63) is 41.6 Å². The molecule has 1 aromatic heterocycles. The lowest BCUT2D eigenvalue weighted by Crippen LogP contribution is -2.36. The Morgan fingerprint density at radius 2 is 1.73 bits per heavy atom. The average molecular weight is 413 g/mol. The lowest BCUT2D eigenvalue weighted by atomic mass is 9.92. The van der Waals surface area contributed by atoms with Crippen LogP contribution in [0.1, 0.15) is 72.1 Å². The Labute approximate surface area is 180 Å². The summed E-state index contributed by atoms with van der Waals surface area (Å²) in [6, 6.07) is 10.1. The molecule has 164 valence electrons. The van der Waals surface area contributed by atoms with Gasteiger partial charge in [0.25, 0.3) is 0 Å². The maximum atomic E-state index is 12.5. The van der Waals surface area contributed by atoms with Crippen molar-refractivity contribution < 1.29 is 9.59 Å². The molecule has 0 aliphatic rings. The number of carbonyl (C=O) groups is 2. The number of nitrogens with zero attached hydrogens (tertiary/aromatic N) is 2. The van der Waals surface area contributed by atoms with E-state index in [1.54, 1.807) is 4.68 Å².